The Hall–Kier alpha value is -2.75. The van der Waals surface area contributed by atoms with Crippen molar-refractivity contribution in [2.75, 3.05) is 23.7 Å². The largest absolute Gasteiger partial charge is 0.494 e. The van der Waals surface area contributed by atoms with Crippen molar-refractivity contribution in [3.63, 3.8) is 0 Å². The average molecular weight is 430 g/mol. The standard InChI is InChI=1S/C19H21F3N2O4S/c1-3-28-17-9-5-8-16(11-17)24(29(2,26)27)13-18(25)23-12-14-6-4-7-15(10-14)19(20,21)22/h4-11H,3,12-13H2,1-2H3,(H,23,25). The molecule has 2 aromatic carbocycles. The number of nitrogens with one attached hydrogen (secondary N) is 1. The summed E-state index contributed by atoms with van der Waals surface area (Å²) >= 11 is 0. The first-order valence-electron chi connectivity index (χ1n) is 8.64. The van der Waals surface area contributed by atoms with Gasteiger partial charge in [0.1, 0.15) is 12.3 Å². The van der Waals surface area contributed by atoms with Crippen molar-refractivity contribution in [2.24, 2.45) is 0 Å². The van der Waals surface area contributed by atoms with Crippen molar-refractivity contribution < 1.29 is 31.1 Å². The summed E-state index contributed by atoms with van der Waals surface area (Å²) in [6.07, 6.45) is -3.53. The number of benzene rings is 2. The molecule has 0 radical (unpaired) electrons. The summed E-state index contributed by atoms with van der Waals surface area (Å²) in [5.74, 6) is -0.210. The van der Waals surface area contributed by atoms with E-state index in [0.29, 0.717) is 12.4 Å². The third-order valence-corrected chi connectivity index (χ3v) is 4.99. The first-order valence-corrected chi connectivity index (χ1v) is 10.5. The number of alkyl halides is 3. The van der Waals surface area contributed by atoms with Crippen LogP contribution >= 0.6 is 0 Å². The first-order chi connectivity index (χ1) is 13.5. The number of carbonyl (C=O) groups excluding carboxylic acids is 1. The predicted octanol–water partition coefficient (Wildman–Crippen LogP) is 3.19. The quantitative estimate of drug-likeness (QED) is 0.698. The monoisotopic (exact) mass is 430 g/mol. The van der Waals surface area contributed by atoms with Crippen molar-refractivity contribution in [1.82, 2.24) is 5.32 Å². The van der Waals surface area contributed by atoms with Crippen molar-refractivity contribution in [3.05, 3.63) is 59.7 Å². The molecular formula is C19H21F3N2O4S. The molecule has 0 aliphatic carbocycles. The fourth-order valence-corrected chi connectivity index (χ4v) is 3.39. The van der Waals surface area contributed by atoms with Gasteiger partial charge in [0.2, 0.25) is 15.9 Å². The minimum absolute atomic E-state index is 0.167. The highest BCUT2D eigenvalue weighted by Crippen LogP contribution is 2.29. The molecule has 2 aromatic rings. The zero-order valence-electron chi connectivity index (χ0n) is 15.9. The fraction of sp³-hybridized carbons (Fsp3) is 0.316. The number of halogens is 3. The molecular weight excluding hydrogens is 409 g/mol. The lowest BCUT2D eigenvalue weighted by Crippen LogP contribution is -2.40. The molecule has 0 saturated carbocycles. The molecule has 0 aliphatic rings. The maximum atomic E-state index is 12.8. The fourth-order valence-electron chi connectivity index (χ4n) is 2.54. The molecule has 158 valence electrons. The van der Waals surface area contributed by atoms with Crippen LogP contribution in [0.2, 0.25) is 0 Å². The van der Waals surface area contributed by atoms with E-state index >= 15 is 0 Å². The van der Waals surface area contributed by atoms with Crippen LogP contribution in [0.25, 0.3) is 0 Å². The lowest BCUT2D eigenvalue weighted by molar-refractivity contribution is -0.137. The molecule has 0 heterocycles. The molecule has 0 atom stereocenters. The Morgan fingerprint density at radius 1 is 1.14 bits per heavy atom. The molecule has 2 rings (SSSR count). The number of nitrogens with zero attached hydrogens (tertiary/aromatic N) is 1. The molecule has 0 unspecified atom stereocenters. The Balaban J connectivity index is 2.11. The van der Waals surface area contributed by atoms with Crippen molar-refractivity contribution in [3.8, 4) is 5.75 Å². The second kappa shape index (κ2) is 9.17. The van der Waals surface area contributed by atoms with Crippen LogP contribution in [0.5, 0.6) is 5.75 Å². The Bertz CT molecular complexity index is 962. The summed E-state index contributed by atoms with van der Waals surface area (Å²) in [7, 11) is -3.79. The molecule has 1 N–H and O–H groups in total. The Morgan fingerprint density at radius 2 is 1.83 bits per heavy atom. The molecule has 0 spiro atoms. The normalized spacial score (nSPS) is 11.8. The summed E-state index contributed by atoms with van der Waals surface area (Å²) in [5, 5.41) is 2.45. The van der Waals surface area contributed by atoms with Gasteiger partial charge in [0.15, 0.2) is 0 Å². The van der Waals surface area contributed by atoms with E-state index in [1.54, 1.807) is 19.1 Å². The molecule has 6 nitrogen and oxygen atoms in total. The SMILES string of the molecule is CCOc1cccc(N(CC(=O)NCc2cccc(C(F)(F)F)c2)S(C)(=O)=O)c1. The minimum atomic E-state index is -4.49. The molecule has 0 saturated heterocycles. The highest BCUT2D eigenvalue weighted by atomic mass is 32.2. The van der Waals surface area contributed by atoms with E-state index in [1.807, 2.05) is 0 Å². The number of sulfonamides is 1. The van der Waals surface area contributed by atoms with Crippen LogP contribution in [-0.4, -0.2) is 33.7 Å². The van der Waals surface area contributed by atoms with Gasteiger partial charge < -0.3 is 10.1 Å². The minimum Gasteiger partial charge on any atom is -0.494 e. The number of amides is 1. The summed E-state index contributed by atoms with van der Waals surface area (Å²) in [4.78, 5) is 12.3. The highest BCUT2D eigenvalue weighted by molar-refractivity contribution is 7.92. The summed E-state index contributed by atoms with van der Waals surface area (Å²) in [6.45, 7) is 1.48. The van der Waals surface area contributed by atoms with E-state index in [2.05, 4.69) is 5.32 Å². The number of hydrogen-bond donors (Lipinski definition) is 1. The van der Waals surface area contributed by atoms with Gasteiger partial charge in [0, 0.05) is 12.6 Å². The van der Waals surface area contributed by atoms with E-state index in [0.717, 1.165) is 22.7 Å². The molecule has 0 bridgehead atoms. The second-order valence-electron chi connectivity index (χ2n) is 6.17. The van der Waals surface area contributed by atoms with Gasteiger partial charge in [-0.1, -0.05) is 18.2 Å². The average Bonchev–Trinajstić information content (AvgIpc) is 2.63. The van der Waals surface area contributed by atoms with E-state index in [9.17, 15) is 26.4 Å². The maximum Gasteiger partial charge on any atom is 0.416 e. The van der Waals surface area contributed by atoms with Crippen LogP contribution in [-0.2, 0) is 27.5 Å². The van der Waals surface area contributed by atoms with Crippen molar-refractivity contribution in [2.45, 2.75) is 19.6 Å². The highest BCUT2D eigenvalue weighted by Gasteiger charge is 2.30. The number of hydrogen-bond acceptors (Lipinski definition) is 4. The summed E-state index contributed by atoms with van der Waals surface area (Å²) in [5.41, 5.74) is -0.333. The Morgan fingerprint density at radius 3 is 2.45 bits per heavy atom. The van der Waals surface area contributed by atoms with Gasteiger partial charge in [-0.15, -0.1) is 0 Å². The van der Waals surface area contributed by atoms with Gasteiger partial charge in [-0.3, -0.25) is 9.10 Å². The summed E-state index contributed by atoms with van der Waals surface area (Å²) in [6, 6.07) is 10.8. The van der Waals surface area contributed by atoms with Crippen LogP contribution in [0.15, 0.2) is 48.5 Å². The smallest absolute Gasteiger partial charge is 0.416 e. The maximum absolute atomic E-state index is 12.8. The van der Waals surface area contributed by atoms with Gasteiger partial charge in [-0.2, -0.15) is 13.2 Å². The van der Waals surface area contributed by atoms with Crippen LogP contribution in [0.3, 0.4) is 0 Å². The van der Waals surface area contributed by atoms with Gasteiger partial charge in [-0.25, -0.2) is 8.42 Å². The topological polar surface area (TPSA) is 75.7 Å². The van der Waals surface area contributed by atoms with Gasteiger partial charge in [-0.05, 0) is 36.8 Å². The van der Waals surface area contributed by atoms with E-state index in [-0.39, 0.29) is 17.8 Å². The van der Waals surface area contributed by atoms with Crippen molar-refractivity contribution >= 4 is 21.6 Å². The zero-order valence-corrected chi connectivity index (χ0v) is 16.7. The summed E-state index contributed by atoms with van der Waals surface area (Å²) < 4.78 is 68.9. The second-order valence-corrected chi connectivity index (χ2v) is 8.08. The molecule has 0 aliphatic heterocycles. The third kappa shape index (κ3) is 6.67. The van der Waals surface area contributed by atoms with Crippen LogP contribution < -0.4 is 14.4 Å². The Labute approximate surface area is 167 Å². The molecule has 29 heavy (non-hydrogen) atoms. The molecule has 10 heteroatoms. The van der Waals surface area contributed by atoms with Crippen LogP contribution in [0.1, 0.15) is 18.1 Å². The van der Waals surface area contributed by atoms with E-state index < -0.39 is 34.2 Å². The zero-order chi connectivity index (χ0) is 21.7. The number of anilines is 1. The van der Waals surface area contributed by atoms with Crippen LogP contribution in [0.4, 0.5) is 18.9 Å². The van der Waals surface area contributed by atoms with Gasteiger partial charge in [0.05, 0.1) is 24.1 Å². The molecule has 0 fully saturated rings. The predicted molar refractivity (Wildman–Crippen MR) is 103 cm³/mol. The third-order valence-electron chi connectivity index (χ3n) is 3.85. The lowest BCUT2D eigenvalue weighted by Gasteiger charge is -2.22. The van der Waals surface area contributed by atoms with E-state index in [4.69, 9.17) is 4.74 Å². The number of ether oxygens (including phenoxy) is 1. The molecule has 0 aromatic heterocycles. The first kappa shape index (κ1) is 22.5. The lowest BCUT2D eigenvalue weighted by atomic mass is 10.1. The van der Waals surface area contributed by atoms with Gasteiger partial charge in [0.25, 0.3) is 0 Å². The molecule has 1 amide bonds. The number of rotatable bonds is 8. The van der Waals surface area contributed by atoms with Gasteiger partial charge >= 0.3 is 6.18 Å². The van der Waals surface area contributed by atoms with Crippen LogP contribution in [0, 0.1) is 0 Å². The van der Waals surface area contributed by atoms with E-state index in [1.165, 1.54) is 24.3 Å². The van der Waals surface area contributed by atoms with Crippen molar-refractivity contribution in [1.29, 1.82) is 0 Å². The number of carbonyl (C=O) groups is 1. The Kier molecular flexibility index (Phi) is 7.12.